The summed E-state index contributed by atoms with van der Waals surface area (Å²) in [5, 5.41) is 19.3. The highest BCUT2D eigenvalue weighted by Gasteiger charge is 2.34. The van der Waals surface area contributed by atoms with Gasteiger partial charge in [0.25, 0.3) is 0 Å². The number of fused-ring (bicyclic) bond motifs is 2. The van der Waals surface area contributed by atoms with Gasteiger partial charge in [0.15, 0.2) is 5.65 Å². The molecule has 0 radical (unpaired) electrons. The van der Waals surface area contributed by atoms with Gasteiger partial charge in [-0.2, -0.15) is 4.98 Å². The van der Waals surface area contributed by atoms with Crippen LogP contribution in [0, 0.1) is 11.2 Å². The van der Waals surface area contributed by atoms with Crippen LogP contribution in [0.15, 0.2) is 24.8 Å². The SMILES string of the molecule is CCn1cnc2cc(-c3nc(N4CCC(CO)(CO)CC4)nc4[nH]cnc34)cc(F)c21. The Morgan fingerprint density at radius 3 is 2.61 bits per heavy atom. The van der Waals surface area contributed by atoms with Crippen LogP contribution in [-0.4, -0.2) is 66.0 Å². The lowest BCUT2D eigenvalue weighted by Gasteiger charge is -2.39. The Kier molecular flexibility index (Phi) is 4.82. The number of nitrogens with one attached hydrogen (secondary N) is 1. The Hall–Kier alpha value is -3.11. The fourth-order valence-electron chi connectivity index (χ4n) is 4.25. The quantitative estimate of drug-likeness (QED) is 0.448. The Labute approximate surface area is 177 Å². The average molecular weight is 425 g/mol. The van der Waals surface area contributed by atoms with Crippen LogP contribution in [0.1, 0.15) is 19.8 Å². The third-order valence-electron chi connectivity index (χ3n) is 6.33. The van der Waals surface area contributed by atoms with Gasteiger partial charge in [0.05, 0.1) is 31.4 Å². The number of anilines is 1. The fourth-order valence-corrected chi connectivity index (χ4v) is 4.25. The fraction of sp³-hybridized carbons (Fsp3) is 0.429. The standard InChI is InChI=1S/C21H24FN7O2/c1-2-28-12-25-15-8-13(7-14(22)18(15)28)16-17-19(24-11-23-17)27-20(26-16)29-5-3-21(9-30,10-31)4-6-29/h7-8,11-12,30-31H,2-6,9-10H2,1H3,(H,23,24,26,27). The molecule has 3 N–H and O–H groups in total. The normalized spacial score (nSPS) is 16.5. The van der Waals surface area contributed by atoms with Gasteiger partial charge in [-0.25, -0.2) is 19.3 Å². The van der Waals surface area contributed by atoms with Gasteiger partial charge < -0.3 is 24.7 Å². The molecule has 4 aromatic rings. The van der Waals surface area contributed by atoms with Crippen LogP contribution in [-0.2, 0) is 6.54 Å². The Bertz CT molecular complexity index is 1240. The molecule has 1 aliphatic heterocycles. The molecule has 0 amide bonds. The van der Waals surface area contributed by atoms with E-state index in [1.54, 1.807) is 17.2 Å². The van der Waals surface area contributed by atoms with Gasteiger partial charge in [0, 0.05) is 30.6 Å². The summed E-state index contributed by atoms with van der Waals surface area (Å²) < 4.78 is 16.7. The molecule has 5 rings (SSSR count). The Balaban J connectivity index is 1.57. The molecule has 1 fully saturated rings. The first kappa shape index (κ1) is 19.8. The van der Waals surface area contributed by atoms with Crippen LogP contribution in [0.2, 0.25) is 0 Å². The van der Waals surface area contributed by atoms with Crippen molar-refractivity contribution >= 4 is 28.1 Å². The topological polar surface area (TPSA) is 116 Å². The highest BCUT2D eigenvalue weighted by molar-refractivity contribution is 5.91. The van der Waals surface area contributed by atoms with E-state index in [-0.39, 0.29) is 19.0 Å². The number of H-pyrrole nitrogens is 1. The molecule has 1 aliphatic rings. The Morgan fingerprint density at radius 1 is 1.13 bits per heavy atom. The predicted molar refractivity (Wildman–Crippen MR) is 114 cm³/mol. The van der Waals surface area contributed by atoms with Crippen LogP contribution in [0.3, 0.4) is 0 Å². The zero-order chi connectivity index (χ0) is 21.6. The minimum Gasteiger partial charge on any atom is -0.396 e. The predicted octanol–water partition coefficient (Wildman–Crippen LogP) is 2.10. The van der Waals surface area contributed by atoms with E-state index in [2.05, 4.69) is 19.9 Å². The second-order valence-corrected chi connectivity index (χ2v) is 8.13. The van der Waals surface area contributed by atoms with Gasteiger partial charge >= 0.3 is 0 Å². The van der Waals surface area contributed by atoms with E-state index in [9.17, 15) is 14.6 Å². The summed E-state index contributed by atoms with van der Waals surface area (Å²) in [4.78, 5) is 23.1. The third-order valence-corrected chi connectivity index (χ3v) is 6.33. The smallest absolute Gasteiger partial charge is 0.228 e. The van der Waals surface area contributed by atoms with Crippen LogP contribution in [0.5, 0.6) is 0 Å². The number of hydrogen-bond donors (Lipinski definition) is 3. The summed E-state index contributed by atoms with van der Waals surface area (Å²) in [5.41, 5.74) is 2.83. The number of piperidine rings is 1. The van der Waals surface area contributed by atoms with Crippen LogP contribution in [0.25, 0.3) is 33.5 Å². The number of aryl methyl sites for hydroxylation is 1. The molecule has 0 unspecified atom stereocenters. The lowest BCUT2D eigenvalue weighted by Crippen LogP contribution is -2.44. The van der Waals surface area contributed by atoms with Gasteiger partial charge in [0.2, 0.25) is 5.95 Å². The van der Waals surface area contributed by atoms with E-state index in [0.29, 0.717) is 71.9 Å². The third kappa shape index (κ3) is 3.22. The molecule has 1 saturated heterocycles. The molecule has 1 aromatic carbocycles. The number of aromatic nitrogens is 6. The first-order valence-corrected chi connectivity index (χ1v) is 10.4. The van der Waals surface area contributed by atoms with Gasteiger partial charge in [-0.05, 0) is 31.9 Å². The number of benzene rings is 1. The van der Waals surface area contributed by atoms with E-state index in [4.69, 9.17) is 4.98 Å². The summed E-state index contributed by atoms with van der Waals surface area (Å²) in [5.74, 6) is 0.153. The number of aromatic amines is 1. The van der Waals surface area contributed by atoms with Crippen molar-refractivity contribution in [2.24, 2.45) is 5.41 Å². The maximum absolute atomic E-state index is 15.0. The zero-order valence-corrected chi connectivity index (χ0v) is 17.2. The van der Waals surface area contributed by atoms with Gasteiger partial charge in [0.1, 0.15) is 22.5 Å². The van der Waals surface area contributed by atoms with E-state index >= 15 is 0 Å². The molecule has 9 nitrogen and oxygen atoms in total. The maximum atomic E-state index is 15.0. The van der Waals surface area contributed by atoms with Crippen molar-refractivity contribution < 1.29 is 14.6 Å². The highest BCUT2D eigenvalue weighted by atomic mass is 19.1. The molecule has 0 saturated carbocycles. The van der Waals surface area contributed by atoms with Gasteiger partial charge in [-0.15, -0.1) is 0 Å². The summed E-state index contributed by atoms with van der Waals surface area (Å²) in [6.07, 6.45) is 4.45. The molecular weight excluding hydrogens is 401 g/mol. The minimum atomic E-state index is -0.469. The minimum absolute atomic E-state index is 0.0489. The van der Waals surface area contributed by atoms with Crippen molar-refractivity contribution in [3.63, 3.8) is 0 Å². The van der Waals surface area contributed by atoms with Gasteiger partial charge in [-0.1, -0.05) is 0 Å². The summed E-state index contributed by atoms with van der Waals surface area (Å²) in [6.45, 7) is 3.69. The van der Waals surface area contributed by atoms with Crippen molar-refractivity contribution in [3.8, 4) is 11.3 Å². The van der Waals surface area contributed by atoms with Crippen molar-refractivity contribution in [2.75, 3.05) is 31.2 Å². The number of imidazole rings is 2. The first-order valence-electron chi connectivity index (χ1n) is 10.4. The lowest BCUT2D eigenvalue weighted by atomic mass is 9.80. The monoisotopic (exact) mass is 425 g/mol. The van der Waals surface area contributed by atoms with Crippen molar-refractivity contribution in [2.45, 2.75) is 26.3 Å². The van der Waals surface area contributed by atoms with Crippen LogP contribution in [0.4, 0.5) is 10.3 Å². The summed E-state index contributed by atoms with van der Waals surface area (Å²) >= 11 is 0. The molecule has 0 bridgehead atoms. The van der Waals surface area contributed by atoms with Crippen molar-refractivity contribution in [1.29, 1.82) is 0 Å². The number of hydrogen-bond acceptors (Lipinski definition) is 7. The molecule has 4 heterocycles. The van der Waals surface area contributed by atoms with Crippen molar-refractivity contribution in [3.05, 3.63) is 30.6 Å². The van der Waals surface area contributed by atoms with Crippen molar-refractivity contribution in [1.82, 2.24) is 29.5 Å². The Morgan fingerprint density at radius 2 is 1.90 bits per heavy atom. The molecule has 162 valence electrons. The lowest BCUT2D eigenvalue weighted by molar-refractivity contribution is 0.0338. The first-order chi connectivity index (χ1) is 15.1. The number of rotatable bonds is 5. The van der Waals surface area contributed by atoms with E-state index < -0.39 is 5.41 Å². The second kappa shape index (κ2) is 7.54. The molecule has 3 aromatic heterocycles. The molecule has 0 aliphatic carbocycles. The summed E-state index contributed by atoms with van der Waals surface area (Å²) in [7, 11) is 0. The van der Waals surface area contributed by atoms with E-state index in [1.807, 2.05) is 17.9 Å². The average Bonchev–Trinajstić information content (AvgIpc) is 3.45. The largest absolute Gasteiger partial charge is 0.396 e. The summed E-state index contributed by atoms with van der Waals surface area (Å²) in [6, 6.07) is 3.29. The van der Waals surface area contributed by atoms with Crippen LogP contribution < -0.4 is 4.90 Å². The molecule has 0 atom stereocenters. The zero-order valence-electron chi connectivity index (χ0n) is 17.2. The van der Waals surface area contributed by atoms with E-state index in [0.717, 1.165) is 0 Å². The van der Waals surface area contributed by atoms with E-state index in [1.165, 1.54) is 6.07 Å². The number of aliphatic hydroxyl groups is 2. The van der Waals surface area contributed by atoms with Gasteiger partial charge in [-0.3, -0.25) is 0 Å². The highest BCUT2D eigenvalue weighted by Crippen LogP contribution is 2.34. The number of halogens is 1. The number of nitrogens with zero attached hydrogens (tertiary/aromatic N) is 6. The molecular formula is C21H24FN7O2. The molecule has 10 heteroatoms. The number of aliphatic hydroxyl groups excluding tert-OH is 2. The maximum Gasteiger partial charge on any atom is 0.228 e. The van der Waals surface area contributed by atoms with Crippen LogP contribution >= 0.6 is 0 Å². The second-order valence-electron chi connectivity index (χ2n) is 8.13. The molecule has 31 heavy (non-hydrogen) atoms. The molecule has 0 spiro atoms.